The molecule has 0 radical (unpaired) electrons. The van der Waals surface area contributed by atoms with E-state index < -0.39 is 48.8 Å². The minimum absolute atomic E-state index is 0.0885. The highest BCUT2D eigenvalue weighted by atomic mass is 32.3. The number of rotatable bonds is 6. The zero-order chi connectivity index (χ0) is 21.6. The Bertz CT molecular complexity index is 880. The maximum absolute atomic E-state index is 13.9. The van der Waals surface area contributed by atoms with E-state index in [-0.39, 0.29) is 10.0 Å². The smallest absolute Gasteiger partial charge is 0.460 e. The van der Waals surface area contributed by atoms with Gasteiger partial charge in [0.1, 0.15) is 0 Å². The number of nitrogens with one attached hydrogen (secondary N) is 1. The van der Waals surface area contributed by atoms with Crippen LogP contribution in [0.2, 0.25) is 0 Å². The van der Waals surface area contributed by atoms with E-state index in [9.17, 15) is 43.6 Å². The molecular weight excluding hydrogens is 437 g/mol. The number of sulfonamides is 2. The van der Waals surface area contributed by atoms with E-state index in [1.54, 1.807) is 0 Å². The number of ether oxygens (including phenoxy) is 1. The van der Waals surface area contributed by atoms with Crippen LogP contribution in [0.4, 0.5) is 22.0 Å². The summed E-state index contributed by atoms with van der Waals surface area (Å²) in [6, 6.07) is 0. The van der Waals surface area contributed by atoms with Crippen molar-refractivity contribution < 1.29 is 48.3 Å². The van der Waals surface area contributed by atoms with Gasteiger partial charge in [0.15, 0.2) is 0 Å². The number of fused-ring (bicyclic) bond motifs is 2. The Morgan fingerprint density at radius 3 is 2.39 bits per heavy atom. The molecule has 2 rings (SSSR count). The van der Waals surface area contributed by atoms with Gasteiger partial charge in [-0.05, 0) is 38.0 Å². The van der Waals surface area contributed by atoms with Crippen molar-refractivity contribution in [3.8, 4) is 0 Å². The van der Waals surface area contributed by atoms with Crippen LogP contribution in [0.1, 0.15) is 39.0 Å². The molecule has 0 saturated heterocycles. The first-order valence-electron chi connectivity index (χ1n) is 8.10. The molecule has 2 unspecified atom stereocenters. The highest BCUT2D eigenvalue weighted by Gasteiger charge is 2.60. The Morgan fingerprint density at radius 1 is 1.21 bits per heavy atom. The molecule has 0 spiro atoms. The lowest BCUT2D eigenvalue weighted by molar-refractivity contribution is -0.165. The number of carbonyl (C=O) groups is 1. The van der Waals surface area contributed by atoms with Gasteiger partial charge in [-0.15, -0.1) is 0 Å². The molecule has 162 valence electrons. The molecule has 0 aliphatic heterocycles. The number of allylic oxidation sites excluding steroid dienone is 2. The van der Waals surface area contributed by atoms with Crippen molar-refractivity contribution in [1.29, 1.82) is 0 Å². The van der Waals surface area contributed by atoms with Gasteiger partial charge in [0.2, 0.25) is 0 Å². The molecule has 0 aromatic carbocycles. The fourth-order valence-corrected chi connectivity index (χ4v) is 5.88. The molecule has 2 bridgehead atoms. The standard InChI is InChI=1S/C14H18F5NO6S2/c1-9-5-10-3-2-4-12(6-9,7-10)8-26-11(21)13(15,16)27(22,23)20-28(24,25)14(17,18)19/h5,9,20H,2-4,6-8H2,1H3. The molecule has 0 aromatic heterocycles. The molecule has 2 aliphatic rings. The van der Waals surface area contributed by atoms with Crippen LogP contribution in [0.25, 0.3) is 0 Å². The Balaban J connectivity index is 2.13. The predicted molar refractivity (Wildman–Crippen MR) is 85.7 cm³/mol. The molecule has 1 fully saturated rings. The molecule has 2 aliphatic carbocycles. The second-order valence-corrected chi connectivity index (χ2v) is 10.8. The van der Waals surface area contributed by atoms with Crippen molar-refractivity contribution in [1.82, 2.24) is 4.13 Å². The molecule has 0 amide bonds. The molecule has 0 aromatic rings. The van der Waals surface area contributed by atoms with E-state index in [1.807, 2.05) is 13.0 Å². The molecule has 14 heteroatoms. The van der Waals surface area contributed by atoms with Gasteiger partial charge in [0, 0.05) is 5.41 Å². The molecule has 2 atom stereocenters. The summed E-state index contributed by atoms with van der Waals surface area (Å²) in [7, 11) is -13.2. The first-order valence-corrected chi connectivity index (χ1v) is 11.1. The first kappa shape index (κ1) is 23.0. The van der Waals surface area contributed by atoms with Crippen molar-refractivity contribution >= 4 is 26.0 Å². The minimum atomic E-state index is -6.66. The Hall–Kier alpha value is -1.28. The van der Waals surface area contributed by atoms with E-state index in [1.165, 1.54) is 0 Å². The third kappa shape index (κ3) is 4.48. The highest BCUT2D eigenvalue weighted by molar-refractivity contribution is 8.05. The summed E-state index contributed by atoms with van der Waals surface area (Å²) >= 11 is 0. The zero-order valence-electron chi connectivity index (χ0n) is 14.6. The Labute approximate surface area is 158 Å². The van der Waals surface area contributed by atoms with E-state index in [0.717, 1.165) is 18.4 Å². The summed E-state index contributed by atoms with van der Waals surface area (Å²) in [6.45, 7) is 1.33. The summed E-state index contributed by atoms with van der Waals surface area (Å²) in [5.74, 6) is -2.55. The maximum Gasteiger partial charge on any atom is 0.512 e. The Morgan fingerprint density at radius 2 is 1.82 bits per heavy atom. The number of alkyl halides is 5. The SMILES string of the molecule is CC1C=C2CCCC(COC(=O)C(F)(F)S(=O)(=O)NS(=O)(=O)C(F)(F)F)(C2)C1. The summed E-state index contributed by atoms with van der Waals surface area (Å²) in [4.78, 5) is 11.6. The van der Waals surface area contributed by atoms with Crippen LogP contribution in [0, 0.1) is 11.3 Å². The predicted octanol–water partition coefficient (Wildman–Crippen LogP) is 2.42. The average molecular weight is 455 g/mol. The lowest BCUT2D eigenvalue weighted by Gasteiger charge is -2.43. The summed E-state index contributed by atoms with van der Waals surface area (Å²) in [6.07, 6.45) is 5.08. The summed E-state index contributed by atoms with van der Waals surface area (Å²) < 4.78 is 113. The minimum Gasteiger partial charge on any atom is -0.460 e. The molecule has 28 heavy (non-hydrogen) atoms. The van der Waals surface area contributed by atoms with E-state index >= 15 is 0 Å². The van der Waals surface area contributed by atoms with E-state index in [4.69, 9.17) is 0 Å². The fraction of sp³-hybridized carbons (Fsp3) is 0.786. The van der Waals surface area contributed by atoms with Gasteiger partial charge in [0.05, 0.1) is 6.61 Å². The number of hydrogen-bond donors (Lipinski definition) is 1. The van der Waals surface area contributed by atoms with Crippen molar-refractivity contribution in [2.24, 2.45) is 11.3 Å². The van der Waals surface area contributed by atoms with Crippen molar-refractivity contribution in [2.45, 2.75) is 49.8 Å². The normalized spacial score (nSPS) is 26.5. The Kier molecular flexibility index (Phi) is 5.92. The highest BCUT2D eigenvalue weighted by Crippen LogP contribution is 2.48. The van der Waals surface area contributed by atoms with Crippen LogP contribution in [0.15, 0.2) is 11.6 Å². The number of halogens is 5. The van der Waals surface area contributed by atoms with Crippen LogP contribution in [0.5, 0.6) is 0 Å². The fourth-order valence-electron chi connectivity index (χ4n) is 3.65. The quantitative estimate of drug-likeness (QED) is 0.375. The van der Waals surface area contributed by atoms with Gasteiger partial charge in [0.25, 0.3) is 0 Å². The number of hydrogen-bond acceptors (Lipinski definition) is 6. The van der Waals surface area contributed by atoms with Crippen LogP contribution in [0.3, 0.4) is 0 Å². The van der Waals surface area contributed by atoms with Crippen LogP contribution >= 0.6 is 0 Å². The maximum atomic E-state index is 13.9. The lowest BCUT2D eigenvalue weighted by atomic mass is 9.64. The third-order valence-electron chi connectivity index (χ3n) is 4.69. The van der Waals surface area contributed by atoms with Gasteiger partial charge >= 0.3 is 36.8 Å². The van der Waals surface area contributed by atoms with E-state index in [2.05, 4.69) is 4.74 Å². The van der Waals surface area contributed by atoms with Crippen LogP contribution in [-0.2, 0) is 29.6 Å². The average Bonchev–Trinajstić information content (AvgIpc) is 2.49. The topological polar surface area (TPSA) is 107 Å². The van der Waals surface area contributed by atoms with Crippen molar-refractivity contribution in [3.05, 3.63) is 11.6 Å². The van der Waals surface area contributed by atoms with Gasteiger partial charge < -0.3 is 4.74 Å². The monoisotopic (exact) mass is 455 g/mol. The van der Waals surface area contributed by atoms with Crippen molar-refractivity contribution in [3.63, 3.8) is 0 Å². The largest absolute Gasteiger partial charge is 0.512 e. The molecule has 7 nitrogen and oxygen atoms in total. The van der Waals surface area contributed by atoms with Crippen molar-refractivity contribution in [2.75, 3.05) is 6.61 Å². The number of esters is 1. The zero-order valence-corrected chi connectivity index (χ0v) is 16.2. The molecular formula is C14H18F5NO6S2. The molecule has 0 heterocycles. The third-order valence-corrected chi connectivity index (χ3v) is 7.90. The molecule has 1 N–H and O–H groups in total. The second kappa shape index (κ2) is 7.20. The van der Waals surface area contributed by atoms with Gasteiger partial charge in [-0.1, -0.05) is 22.7 Å². The van der Waals surface area contributed by atoms with Gasteiger partial charge in [-0.3, -0.25) is 0 Å². The second-order valence-electron chi connectivity index (χ2n) is 7.17. The van der Waals surface area contributed by atoms with Crippen LogP contribution < -0.4 is 4.13 Å². The first-order chi connectivity index (χ1) is 12.5. The summed E-state index contributed by atoms with van der Waals surface area (Å²) in [5, 5.41) is -5.53. The van der Waals surface area contributed by atoms with Gasteiger partial charge in [-0.25, -0.2) is 21.6 Å². The van der Waals surface area contributed by atoms with E-state index in [0.29, 0.717) is 19.3 Å². The van der Waals surface area contributed by atoms with Crippen LogP contribution in [-0.4, -0.2) is 40.2 Å². The number of carbonyl (C=O) groups excluding carboxylic acids is 1. The van der Waals surface area contributed by atoms with Gasteiger partial charge in [-0.2, -0.15) is 22.0 Å². The molecule has 1 saturated carbocycles. The summed E-state index contributed by atoms with van der Waals surface area (Å²) in [5.41, 5.74) is -5.76. The lowest BCUT2D eigenvalue weighted by Crippen LogP contribution is -2.51.